The highest BCUT2D eigenvalue weighted by Gasteiger charge is 2.48. The van der Waals surface area contributed by atoms with E-state index in [1.807, 2.05) is 0 Å². The molecule has 1 nitrogen and oxygen atoms in total. The average molecular weight is 596 g/mol. The largest absolute Gasteiger partial charge is 0.313 e. The zero-order valence-electron chi connectivity index (χ0n) is 25.3. The Bertz CT molecular complexity index is 2150. The molecule has 0 spiro atoms. The first kappa shape index (κ1) is 26.6. The molecule has 45 heavy (non-hydrogen) atoms. The Morgan fingerprint density at radius 2 is 1.18 bits per heavy atom. The van der Waals surface area contributed by atoms with Gasteiger partial charge >= 0.3 is 0 Å². The number of benzene rings is 6. The molecule has 9 rings (SSSR count). The average Bonchev–Trinajstić information content (AvgIpc) is 3.58. The fourth-order valence-corrected chi connectivity index (χ4v) is 9.40. The minimum absolute atomic E-state index is 0.118. The monoisotopic (exact) mass is 595 g/mol. The van der Waals surface area contributed by atoms with Crippen molar-refractivity contribution in [2.75, 3.05) is 0 Å². The molecule has 2 aliphatic rings. The molecule has 2 atom stereocenters. The molecule has 0 saturated heterocycles. The predicted molar refractivity (Wildman–Crippen MR) is 190 cm³/mol. The molecule has 0 bridgehead atoms. The Hall–Kier alpha value is -4.79. The van der Waals surface area contributed by atoms with Crippen molar-refractivity contribution in [3.05, 3.63) is 168 Å². The summed E-state index contributed by atoms with van der Waals surface area (Å²) in [6, 6.07) is 55.8. The van der Waals surface area contributed by atoms with Crippen LogP contribution in [0.25, 0.3) is 50.0 Å². The van der Waals surface area contributed by atoms with Crippen LogP contribution in [0.15, 0.2) is 157 Å². The lowest BCUT2D eigenvalue weighted by molar-refractivity contribution is 0.421. The SMILES string of the molecule is CC12Cc3c(c4ccccc4n3-c3cccc(-c4cc(-c5ccccc5)cc(-c5ccccc5)c4)c3)CC1Sc1ccccc12. The minimum Gasteiger partial charge on any atom is -0.313 e. The zero-order valence-corrected chi connectivity index (χ0v) is 26.1. The molecular weight excluding hydrogens is 563 g/mol. The second-order valence-corrected chi connectivity index (χ2v) is 14.0. The van der Waals surface area contributed by atoms with Crippen LogP contribution in [-0.2, 0) is 18.3 Å². The number of rotatable bonds is 4. The van der Waals surface area contributed by atoms with Gasteiger partial charge in [0.15, 0.2) is 0 Å². The van der Waals surface area contributed by atoms with Crippen LogP contribution in [0.5, 0.6) is 0 Å². The first-order valence-corrected chi connectivity index (χ1v) is 16.8. The Morgan fingerprint density at radius 1 is 0.578 bits per heavy atom. The van der Waals surface area contributed by atoms with Gasteiger partial charge in [-0.15, -0.1) is 11.8 Å². The summed E-state index contributed by atoms with van der Waals surface area (Å²) in [6.45, 7) is 2.50. The van der Waals surface area contributed by atoms with Crippen molar-refractivity contribution in [2.24, 2.45) is 0 Å². The molecule has 1 aliphatic carbocycles. The van der Waals surface area contributed by atoms with Gasteiger partial charge in [0.25, 0.3) is 0 Å². The quantitative estimate of drug-likeness (QED) is 0.196. The van der Waals surface area contributed by atoms with Crippen LogP contribution in [-0.4, -0.2) is 9.82 Å². The van der Waals surface area contributed by atoms with Crippen molar-refractivity contribution < 1.29 is 0 Å². The fourth-order valence-electron chi connectivity index (χ4n) is 7.79. The van der Waals surface area contributed by atoms with Crippen LogP contribution in [0.2, 0.25) is 0 Å². The molecule has 6 aromatic carbocycles. The maximum absolute atomic E-state index is 2.57. The van der Waals surface area contributed by atoms with E-state index in [0.717, 1.165) is 12.8 Å². The Balaban J connectivity index is 1.21. The van der Waals surface area contributed by atoms with Crippen LogP contribution in [0, 0.1) is 0 Å². The van der Waals surface area contributed by atoms with Gasteiger partial charge in [-0.05, 0) is 99.8 Å². The summed E-state index contributed by atoms with van der Waals surface area (Å²) in [7, 11) is 0. The Morgan fingerprint density at radius 3 is 1.91 bits per heavy atom. The number of fused-ring (bicyclic) bond motifs is 6. The highest BCUT2D eigenvalue weighted by Crippen LogP contribution is 2.56. The van der Waals surface area contributed by atoms with E-state index in [9.17, 15) is 0 Å². The number of nitrogens with zero attached hydrogens (tertiary/aromatic N) is 1. The Labute approximate surface area is 269 Å². The van der Waals surface area contributed by atoms with Crippen LogP contribution in [0.4, 0.5) is 0 Å². The lowest BCUT2D eigenvalue weighted by Gasteiger charge is -2.37. The first-order valence-electron chi connectivity index (χ1n) is 15.9. The molecule has 0 N–H and O–H groups in total. The van der Waals surface area contributed by atoms with Crippen LogP contribution >= 0.6 is 11.8 Å². The van der Waals surface area contributed by atoms with Crippen LogP contribution in [0.3, 0.4) is 0 Å². The minimum atomic E-state index is 0.118. The van der Waals surface area contributed by atoms with Gasteiger partial charge in [-0.25, -0.2) is 0 Å². The summed E-state index contributed by atoms with van der Waals surface area (Å²) in [5, 5.41) is 1.96. The van der Waals surface area contributed by atoms with Gasteiger partial charge in [0.1, 0.15) is 0 Å². The molecule has 2 unspecified atom stereocenters. The summed E-state index contributed by atoms with van der Waals surface area (Å²) in [5.41, 5.74) is 14.6. The maximum Gasteiger partial charge on any atom is 0.0534 e. The van der Waals surface area contributed by atoms with Crippen molar-refractivity contribution in [1.29, 1.82) is 0 Å². The Kier molecular flexibility index (Phi) is 6.14. The molecule has 0 fully saturated rings. The van der Waals surface area contributed by atoms with Crippen molar-refractivity contribution >= 4 is 22.7 Å². The summed E-state index contributed by atoms with van der Waals surface area (Å²) in [5.74, 6) is 0. The van der Waals surface area contributed by atoms with Gasteiger partial charge in [0.2, 0.25) is 0 Å². The number of hydrogen-bond donors (Lipinski definition) is 0. The van der Waals surface area contributed by atoms with Gasteiger partial charge in [-0.1, -0.05) is 116 Å². The van der Waals surface area contributed by atoms with E-state index >= 15 is 0 Å². The molecule has 0 radical (unpaired) electrons. The van der Waals surface area contributed by atoms with Crippen molar-refractivity contribution in [3.63, 3.8) is 0 Å². The second-order valence-electron chi connectivity index (χ2n) is 12.8. The molecule has 1 aliphatic heterocycles. The zero-order chi connectivity index (χ0) is 30.0. The predicted octanol–water partition coefficient (Wildman–Crippen LogP) is 11.2. The van der Waals surface area contributed by atoms with Gasteiger partial charge in [0, 0.05) is 32.3 Å². The molecule has 0 saturated carbocycles. The molecular formula is C43H33NS. The number of para-hydroxylation sites is 1. The van der Waals surface area contributed by atoms with Crippen LogP contribution < -0.4 is 0 Å². The van der Waals surface area contributed by atoms with Crippen molar-refractivity contribution in [2.45, 2.75) is 35.3 Å². The van der Waals surface area contributed by atoms with Crippen molar-refractivity contribution in [1.82, 2.24) is 4.57 Å². The fraction of sp³-hybridized carbons (Fsp3) is 0.116. The topological polar surface area (TPSA) is 4.93 Å². The van der Waals surface area contributed by atoms with E-state index in [1.54, 1.807) is 0 Å². The van der Waals surface area contributed by atoms with Gasteiger partial charge < -0.3 is 4.57 Å². The summed E-state index contributed by atoms with van der Waals surface area (Å²) >= 11 is 2.09. The molecule has 1 aromatic heterocycles. The number of aromatic nitrogens is 1. The lowest BCUT2D eigenvalue weighted by Crippen LogP contribution is -2.39. The molecule has 2 heteroatoms. The third kappa shape index (κ3) is 4.31. The third-order valence-corrected chi connectivity index (χ3v) is 11.7. The molecule has 0 amide bonds. The summed E-state index contributed by atoms with van der Waals surface area (Å²) in [4.78, 5) is 1.46. The lowest BCUT2D eigenvalue weighted by atomic mass is 9.70. The van der Waals surface area contributed by atoms with Gasteiger partial charge in [-0.3, -0.25) is 0 Å². The number of hydrogen-bond acceptors (Lipinski definition) is 1. The first-order chi connectivity index (χ1) is 22.2. The maximum atomic E-state index is 2.57. The summed E-state index contributed by atoms with van der Waals surface area (Å²) in [6.07, 6.45) is 2.13. The van der Waals surface area contributed by atoms with Crippen LogP contribution in [0.1, 0.15) is 23.7 Å². The van der Waals surface area contributed by atoms with E-state index in [0.29, 0.717) is 5.25 Å². The highest BCUT2D eigenvalue weighted by atomic mass is 32.2. The van der Waals surface area contributed by atoms with Gasteiger partial charge in [0.05, 0.1) is 5.52 Å². The smallest absolute Gasteiger partial charge is 0.0534 e. The van der Waals surface area contributed by atoms with E-state index < -0.39 is 0 Å². The van der Waals surface area contributed by atoms with E-state index in [2.05, 4.69) is 175 Å². The molecule has 216 valence electrons. The number of thioether (sulfide) groups is 1. The third-order valence-electron chi connectivity index (χ3n) is 10.1. The van der Waals surface area contributed by atoms with Gasteiger partial charge in [-0.2, -0.15) is 0 Å². The molecule has 2 heterocycles. The highest BCUT2D eigenvalue weighted by molar-refractivity contribution is 8.00. The van der Waals surface area contributed by atoms with E-state index in [1.165, 1.54) is 71.7 Å². The van der Waals surface area contributed by atoms with E-state index in [4.69, 9.17) is 0 Å². The normalized spacial score (nSPS) is 18.4. The molecule has 7 aromatic rings. The second kappa shape index (κ2) is 10.4. The van der Waals surface area contributed by atoms with Crippen molar-refractivity contribution in [3.8, 4) is 39.1 Å². The van der Waals surface area contributed by atoms with E-state index in [-0.39, 0.29) is 5.41 Å². The summed E-state index contributed by atoms with van der Waals surface area (Å²) < 4.78 is 2.57. The standard InChI is InChI=1S/C43H33NS/c1-43-28-40-37(27-42(43)45-41-22-11-9-20-38(41)43)36-19-8-10-21-39(36)44(40)35-18-12-17-31(26-35)34-24-32(29-13-4-2-5-14-29)23-33(25-34)30-15-6-3-7-16-30/h2-26,42H,27-28H2,1H3.